The Morgan fingerprint density at radius 1 is 1.30 bits per heavy atom. The summed E-state index contributed by atoms with van der Waals surface area (Å²) >= 11 is 0. The zero-order chi connectivity index (χ0) is 15.0. The van der Waals surface area contributed by atoms with E-state index >= 15 is 0 Å². The van der Waals surface area contributed by atoms with Crippen molar-refractivity contribution in [3.05, 3.63) is 24.3 Å². The molecule has 0 atom stereocenters. The fourth-order valence-corrected chi connectivity index (χ4v) is 1.50. The first kappa shape index (κ1) is 16.1. The van der Waals surface area contributed by atoms with E-state index in [2.05, 4.69) is 5.32 Å². The lowest BCUT2D eigenvalue weighted by Gasteiger charge is -2.19. The van der Waals surface area contributed by atoms with Crippen LogP contribution in [0.15, 0.2) is 24.3 Å². The summed E-state index contributed by atoms with van der Waals surface area (Å²) in [6.45, 7) is 6.58. The minimum absolute atomic E-state index is 0.189. The largest absolute Gasteiger partial charge is 0.508 e. The number of aromatic hydroxyl groups is 1. The Bertz CT molecular complexity index is 426. The Labute approximate surface area is 119 Å². The summed E-state index contributed by atoms with van der Waals surface area (Å²) in [5.41, 5.74) is -0.470. The number of rotatable bonds is 6. The highest BCUT2D eigenvalue weighted by molar-refractivity contribution is 5.67. The summed E-state index contributed by atoms with van der Waals surface area (Å²) in [6.07, 6.45) is 1.22. The van der Waals surface area contributed by atoms with Gasteiger partial charge in [-0.05, 0) is 45.7 Å². The van der Waals surface area contributed by atoms with Gasteiger partial charge in [-0.1, -0.05) is 6.07 Å². The van der Waals surface area contributed by atoms with Crippen LogP contribution in [0.2, 0.25) is 0 Å². The molecule has 0 aromatic heterocycles. The number of benzene rings is 1. The first-order chi connectivity index (χ1) is 9.37. The zero-order valence-electron chi connectivity index (χ0n) is 12.3. The van der Waals surface area contributed by atoms with Crippen LogP contribution in [0.1, 0.15) is 33.6 Å². The molecule has 0 radical (unpaired) electrons. The fourth-order valence-electron chi connectivity index (χ4n) is 1.50. The summed E-state index contributed by atoms with van der Waals surface area (Å²) in [4.78, 5) is 11.4. The van der Waals surface area contributed by atoms with E-state index in [1.165, 1.54) is 0 Å². The SMILES string of the molecule is CC(C)(C)OC(=O)NCCCCOc1cccc(O)c1. The number of hydrogen-bond acceptors (Lipinski definition) is 4. The molecule has 1 aromatic carbocycles. The highest BCUT2D eigenvalue weighted by atomic mass is 16.6. The molecular weight excluding hydrogens is 258 g/mol. The van der Waals surface area contributed by atoms with Gasteiger partial charge in [0.2, 0.25) is 0 Å². The Kier molecular flexibility index (Phi) is 6.15. The number of alkyl carbamates (subject to hydrolysis) is 1. The lowest BCUT2D eigenvalue weighted by Crippen LogP contribution is -2.33. The maximum Gasteiger partial charge on any atom is 0.407 e. The summed E-state index contributed by atoms with van der Waals surface area (Å²) in [7, 11) is 0. The van der Waals surface area contributed by atoms with Crippen molar-refractivity contribution in [1.29, 1.82) is 0 Å². The van der Waals surface area contributed by atoms with Gasteiger partial charge in [-0.15, -0.1) is 0 Å². The third-order valence-corrected chi connectivity index (χ3v) is 2.33. The lowest BCUT2D eigenvalue weighted by molar-refractivity contribution is 0.0526. The van der Waals surface area contributed by atoms with Crippen molar-refractivity contribution < 1.29 is 19.4 Å². The van der Waals surface area contributed by atoms with Crippen LogP contribution < -0.4 is 10.1 Å². The lowest BCUT2D eigenvalue weighted by atomic mass is 10.2. The first-order valence-corrected chi connectivity index (χ1v) is 6.75. The molecule has 0 fully saturated rings. The van der Waals surface area contributed by atoms with E-state index in [9.17, 15) is 9.90 Å². The van der Waals surface area contributed by atoms with Gasteiger partial charge in [-0.25, -0.2) is 4.79 Å². The number of amides is 1. The van der Waals surface area contributed by atoms with Crippen molar-refractivity contribution in [2.45, 2.75) is 39.2 Å². The number of phenolic OH excluding ortho intramolecular Hbond substituents is 1. The fraction of sp³-hybridized carbons (Fsp3) is 0.533. The molecule has 0 saturated carbocycles. The number of unbranched alkanes of at least 4 members (excludes halogenated alkanes) is 1. The van der Waals surface area contributed by atoms with E-state index in [1.807, 2.05) is 20.8 Å². The number of hydrogen-bond donors (Lipinski definition) is 2. The van der Waals surface area contributed by atoms with Crippen LogP contribution in [0, 0.1) is 0 Å². The highest BCUT2D eigenvalue weighted by Crippen LogP contribution is 2.17. The summed E-state index contributed by atoms with van der Waals surface area (Å²) in [6, 6.07) is 6.68. The number of carbonyl (C=O) groups is 1. The highest BCUT2D eigenvalue weighted by Gasteiger charge is 2.15. The second kappa shape index (κ2) is 7.62. The van der Waals surface area contributed by atoms with Gasteiger partial charge >= 0.3 is 6.09 Å². The topological polar surface area (TPSA) is 67.8 Å². The first-order valence-electron chi connectivity index (χ1n) is 6.75. The van der Waals surface area contributed by atoms with Crippen LogP contribution in [-0.4, -0.2) is 30.0 Å². The molecular formula is C15H23NO4. The molecule has 0 spiro atoms. The van der Waals surface area contributed by atoms with Crippen molar-refractivity contribution in [3.8, 4) is 11.5 Å². The summed E-state index contributed by atoms with van der Waals surface area (Å²) in [5.74, 6) is 0.833. The predicted molar refractivity (Wildman–Crippen MR) is 77.1 cm³/mol. The van der Waals surface area contributed by atoms with Crippen LogP contribution in [0.3, 0.4) is 0 Å². The molecule has 0 aliphatic rings. The Balaban J connectivity index is 2.07. The van der Waals surface area contributed by atoms with Crippen molar-refractivity contribution in [3.63, 3.8) is 0 Å². The molecule has 0 aliphatic heterocycles. The van der Waals surface area contributed by atoms with Gasteiger partial charge in [0.25, 0.3) is 0 Å². The van der Waals surface area contributed by atoms with Crippen molar-refractivity contribution in [2.24, 2.45) is 0 Å². The van der Waals surface area contributed by atoms with E-state index in [0.717, 1.165) is 12.8 Å². The molecule has 20 heavy (non-hydrogen) atoms. The molecule has 0 unspecified atom stereocenters. The average Bonchev–Trinajstić information content (AvgIpc) is 2.31. The monoisotopic (exact) mass is 281 g/mol. The molecule has 1 aromatic rings. The molecule has 1 amide bonds. The van der Waals surface area contributed by atoms with Gasteiger partial charge < -0.3 is 19.9 Å². The van der Waals surface area contributed by atoms with E-state index < -0.39 is 11.7 Å². The van der Waals surface area contributed by atoms with Crippen LogP contribution in [0.4, 0.5) is 4.79 Å². The number of nitrogens with one attached hydrogen (secondary N) is 1. The normalized spacial score (nSPS) is 10.9. The van der Waals surface area contributed by atoms with Crippen molar-refractivity contribution >= 4 is 6.09 Å². The van der Waals surface area contributed by atoms with Gasteiger partial charge in [-0.2, -0.15) is 0 Å². The van der Waals surface area contributed by atoms with E-state index in [-0.39, 0.29) is 5.75 Å². The predicted octanol–water partition coefficient (Wildman–Crippen LogP) is 3.08. The minimum Gasteiger partial charge on any atom is -0.508 e. The molecule has 0 saturated heterocycles. The zero-order valence-corrected chi connectivity index (χ0v) is 12.3. The maximum absolute atomic E-state index is 11.4. The van der Waals surface area contributed by atoms with Crippen LogP contribution >= 0.6 is 0 Å². The average molecular weight is 281 g/mol. The van der Waals surface area contributed by atoms with E-state index in [0.29, 0.717) is 18.9 Å². The van der Waals surface area contributed by atoms with Crippen LogP contribution in [0.25, 0.3) is 0 Å². The molecule has 0 bridgehead atoms. The van der Waals surface area contributed by atoms with E-state index in [4.69, 9.17) is 9.47 Å². The summed E-state index contributed by atoms with van der Waals surface area (Å²) in [5, 5.41) is 12.0. The molecule has 2 N–H and O–H groups in total. The third-order valence-electron chi connectivity index (χ3n) is 2.33. The maximum atomic E-state index is 11.4. The minimum atomic E-state index is -0.470. The van der Waals surface area contributed by atoms with Crippen LogP contribution in [-0.2, 0) is 4.74 Å². The summed E-state index contributed by atoms with van der Waals surface area (Å²) < 4.78 is 10.6. The van der Waals surface area contributed by atoms with Crippen LogP contribution in [0.5, 0.6) is 11.5 Å². The second-order valence-corrected chi connectivity index (χ2v) is 5.48. The van der Waals surface area contributed by atoms with Gasteiger partial charge in [0, 0.05) is 12.6 Å². The number of ether oxygens (including phenoxy) is 2. The molecule has 0 heterocycles. The molecule has 112 valence electrons. The van der Waals surface area contributed by atoms with E-state index in [1.54, 1.807) is 24.3 Å². The molecule has 1 rings (SSSR count). The van der Waals surface area contributed by atoms with Crippen molar-refractivity contribution in [1.82, 2.24) is 5.32 Å². The standard InChI is InChI=1S/C15H23NO4/c1-15(2,3)20-14(18)16-9-4-5-10-19-13-8-6-7-12(17)11-13/h6-8,11,17H,4-5,9-10H2,1-3H3,(H,16,18). The van der Waals surface area contributed by atoms with Gasteiger partial charge in [0.15, 0.2) is 0 Å². The van der Waals surface area contributed by atoms with Gasteiger partial charge in [-0.3, -0.25) is 0 Å². The van der Waals surface area contributed by atoms with Gasteiger partial charge in [0.05, 0.1) is 6.61 Å². The second-order valence-electron chi connectivity index (χ2n) is 5.48. The molecule has 5 heteroatoms. The Morgan fingerprint density at radius 2 is 2.05 bits per heavy atom. The third kappa shape index (κ3) is 7.51. The smallest absolute Gasteiger partial charge is 0.407 e. The Morgan fingerprint density at radius 3 is 2.70 bits per heavy atom. The molecule has 5 nitrogen and oxygen atoms in total. The number of carbonyl (C=O) groups excluding carboxylic acids is 1. The Hall–Kier alpha value is -1.91. The molecule has 0 aliphatic carbocycles. The van der Waals surface area contributed by atoms with Crippen molar-refractivity contribution in [2.75, 3.05) is 13.2 Å². The number of phenols is 1. The van der Waals surface area contributed by atoms with Gasteiger partial charge in [0.1, 0.15) is 17.1 Å². The quantitative estimate of drug-likeness (QED) is 0.786.